The molecule has 12 nitrogen and oxygen atoms in total. The number of carbonyl (C=O) groups excluding carboxylic acids is 4. The van der Waals surface area contributed by atoms with Crippen LogP contribution in [0.4, 0.5) is 0 Å². The zero-order valence-corrected chi connectivity index (χ0v) is 24.5. The smallest absolute Gasteiger partial charge is 0.255 e. The fourth-order valence-electron chi connectivity index (χ4n) is 6.39. The third kappa shape index (κ3) is 4.32. The number of carbonyl (C=O) groups is 4. The number of hydrogen-bond donors (Lipinski definition) is 6. The van der Waals surface area contributed by atoms with Crippen molar-refractivity contribution in [3.05, 3.63) is 44.7 Å². The molecular weight excluding hydrogens is 556 g/mol. The van der Waals surface area contributed by atoms with Gasteiger partial charge in [-0.25, -0.2) is 0 Å². The summed E-state index contributed by atoms with van der Waals surface area (Å²) in [5.41, 5.74) is 1.32. The number of rotatable bonds is 6. The Kier molecular flexibility index (Phi) is 7.53. The molecule has 0 radical (unpaired) electrons. The number of primary amides is 1. The Balaban J connectivity index is 1.86. The van der Waals surface area contributed by atoms with Crippen molar-refractivity contribution in [1.29, 1.82) is 0 Å². The molecular formula is C28H35ClN4O8. The highest BCUT2D eigenvalue weighted by Crippen LogP contribution is 2.53. The summed E-state index contributed by atoms with van der Waals surface area (Å²) in [7, 11) is 6.32. The Morgan fingerprint density at radius 1 is 1.20 bits per heavy atom. The van der Waals surface area contributed by atoms with Crippen molar-refractivity contribution in [2.45, 2.75) is 50.4 Å². The van der Waals surface area contributed by atoms with Gasteiger partial charge in [0.15, 0.2) is 11.4 Å². The normalized spacial score (nSPS) is 26.2. The van der Waals surface area contributed by atoms with Crippen LogP contribution in [0.15, 0.2) is 23.0 Å². The van der Waals surface area contributed by atoms with E-state index in [0.717, 1.165) is 0 Å². The first-order valence-corrected chi connectivity index (χ1v) is 13.4. The van der Waals surface area contributed by atoms with E-state index in [0.29, 0.717) is 11.1 Å². The zero-order valence-electron chi connectivity index (χ0n) is 23.7. The molecule has 41 heavy (non-hydrogen) atoms. The van der Waals surface area contributed by atoms with Gasteiger partial charge in [0.2, 0.25) is 11.7 Å². The molecule has 2 amide bonds. The minimum atomic E-state index is -2.71. The van der Waals surface area contributed by atoms with Crippen LogP contribution in [-0.4, -0.2) is 99.0 Å². The molecule has 222 valence electrons. The van der Waals surface area contributed by atoms with E-state index in [1.165, 1.54) is 32.1 Å². The van der Waals surface area contributed by atoms with Crippen LogP contribution in [-0.2, 0) is 32.1 Å². The van der Waals surface area contributed by atoms with Gasteiger partial charge in [0, 0.05) is 30.1 Å². The molecule has 4 atom stereocenters. The van der Waals surface area contributed by atoms with Crippen LogP contribution >= 0.6 is 11.6 Å². The van der Waals surface area contributed by atoms with Gasteiger partial charge < -0.3 is 31.5 Å². The first-order chi connectivity index (χ1) is 18.9. The Morgan fingerprint density at radius 3 is 2.34 bits per heavy atom. The fraction of sp³-hybridized carbons (Fsp3) is 0.500. The first kappa shape index (κ1) is 30.5. The fourth-order valence-corrected chi connectivity index (χ4v) is 6.68. The van der Waals surface area contributed by atoms with Crippen LogP contribution in [0, 0.1) is 11.8 Å². The number of ketones is 2. The van der Waals surface area contributed by atoms with E-state index in [1.54, 1.807) is 25.8 Å². The van der Waals surface area contributed by atoms with Crippen LogP contribution in [0.1, 0.15) is 37.0 Å². The third-order valence-corrected chi connectivity index (χ3v) is 9.34. The highest BCUT2D eigenvalue weighted by molar-refractivity contribution is 6.32. The predicted molar refractivity (Wildman–Crippen MR) is 149 cm³/mol. The van der Waals surface area contributed by atoms with Crippen LogP contribution < -0.4 is 11.1 Å². The second-order valence-corrected chi connectivity index (χ2v) is 12.1. The number of fused-ring (bicyclic) bond motifs is 3. The summed E-state index contributed by atoms with van der Waals surface area (Å²) in [4.78, 5) is 54.8. The van der Waals surface area contributed by atoms with Gasteiger partial charge in [0.25, 0.3) is 5.91 Å². The summed E-state index contributed by atoms with van der Waals surface area (Å²) in [6.45, 7) is 3.62. The van der Waals surface area contributed by atoms with Gasteiger partial charge in [0.1, 0.15) is 22.8 Å². The molecule has 7 N–H and O–H groups in total. The van der Waals surface area contributed by atoms with E-state index in [2.05, 4.69) is 5.32 Å². The SMILES string of the molecule is CNC(=O)C(C)(C)N(C)Cc1cc(O)c2c(c1Cl)C[C@H]1C[C@H]3[C@H](N(C)C)C(=O)C(C(N)=O)=C(O)C3(O)C(=O)C1=C2O. The number of aliphatic hydroxyl groups is 3. The monoisotopic (exact) mass is 590 g/mol. The molecule has 0 aromatic heterocycles. The van der Waals surface area contributed by atoms with Gasteiger partial charge >= 0.3 is 0 Å². The third-order valence-electron chi connectivity index (χ3n) is 8.87. The van der Waals surface area contributed by atoms with Gasteiger partial charge in [-0.15, -0.1) is 0 Å². The van der Waals surface area contributed by atoms with Gasteiger partial charge in [-0.3, -0.25) is 29.0 Å². The van der Waals surface area contributed by atoms with Crippen molar-refractivity contribution in [2.75, 3.05) is 28.2 Å². The number of phenols is 1. The van der Waals surface area contributed by atoms with Crippen molar-refractivity contribution in [2.24, 2.45) is 17.6 Å². The second kappa shape index (κ2) is 10.1. The highest BCUT2D eigenvalue weighted by Gasteiger charge is 2.64. The lowest BCUT2D eigenvalue weighted by Crippen LogP contribution is -2.65. The van der Waals surface area contributed by atoms with Crippen LogP contribution in [0.2, 0.25) is 5.02 Å². The number of nitrogens with one attached hydrogen (secondary N) is 1. The maximum absolute atomic E-state index is 13.9. The average molecular weight is 591 g/mol. The molecule has 1 saturated carbocycles. The van der Waals surface area contributed by atoms with Crippen molar-refractivity contribution in [3.63, 3.8) is 0 Å². The molecule has 4 rings (SSSR count). The van der Waals surface area contributed by atoms with E-state index in [1.807, 2.05) is 0 Å². The predicted octanol–water partition coefficient (Wildman–Crippen LogP) is 0.574. The van der Waals surface area contributed by atoms with Crippen molar-refractivity contribution < 1.29 is 39.6 Å². The summed E-state index contributed by atoms with van der Waals surface area (Å²) in [6.07, 6.45) is 0.0218. The average Bonchev–Trinajstić information content (AvgIpc) is 2.87. The zero-order chi connectivity index (χ0) is 30.9. The number of halogens is 1. The van der Waals surface area contributed by atoms with Gasteiger partial charge in [0.05, 0.1) is 17.1 Å². The van der Waals surface area contributed by atoms with Gasteiger partial charge in [-0.05, 0) is 70.9 Å². The number of Topliss-reactive ketones (excluding diaryl/α,β-unsaturated/α-hetero) is 2. The maximum Gasteiger partial charge on any atom is 0.255 e. The highest BCUT2D eigenvalue weighted by atomic mass is 35.5. The standard InChI is InChI=1S/C28H35ClN4O8/c1-27(2,26(40)31-3)33(6)10-12-9-15(34)17-13(19(12)29)7-11-8-14-20(32(4)5)22(36)18(25(30)39)24(38)28(14,41)23(37)16(11)21(17)35/h9,11,14,20,34-35,38,41H,7-8,10H2,1-6H3,(H2,30,39)(H,31,40)/t11-,14-,20-,28?/m0/s1. The van der Waals surface area contributed by atoms with Crippen LogP contribution in [0.5, 0.6) is 5.75 Å². The number of hydrogen-bond acceptors (Lipinski definition) is 10. The minimum Gasteiger partial charge on any atom is -0.508 e. The Morgan fingerprint density at radius 2 is 1.80 bits per heavy atom. The Labute approximate surface area is 242 Å². The van der Waals surface area contributed by atoms with E-state index < -0.39 is 63.6 Å². The van der Waals surface area contributed by atoms with Gasteiger partial charge in [-0.2, -0.15) is 0 Å². The second-order valence-electron chi connectivity index (χ2n) is 11.7. The van der Waals surface area contributed by atoms with E-state index in [-0.39, 0.29) is 47.2 Å². The number of phenolic OH excluding ortho intramolecular Hbond substituents is 1. The summed E-state index contributed by atoms with van der Waals surface area (Å²) in [5, 5.41) is 47.8. The quantitative estimate of drug-likeness (QED) is 0.255. The van der Waals surface area contributed by atoms with Crippen LogP contribution in [0.25, 0.3) is 5.76 Å². The van der Waals surface area contributed by atoms with Crippen LogP contribution in [0.3, 0.4) is 0 Å². The number of aliphatic hydroxyl groups excluding tert-OH is 2. The number of aromatic hydroxyl groups is 1. The minimum absolute atomic E-state index is 0.0450. The van der Waals surface area contributed by atoms with Gasteiger partial charge in [-0.1, -0.05) is 11.6 Å². The molecule has 0 aliphatic heterocycles. The lowest BCUT2D eigenvalue weighted by molar-refractivity contribution is -0.153. The number of likely N-dealkylation sites (N-methyl/N-ethyl adjacent to an activating group) is 3. The number of amides is 2. The lowest BCUT2D eigenvalue weighted by atomic mass is 9.57. The van der Waals surface area contributed by atoms with Crippen molar-refractivity contribution >= 4 is 40.7 Å². The molecule has 1 aromatic carbocycles. The topological polar surface area (TPSA) is 194 Å². The van der Waals surface area contributed by atoms with Crippen molar-refractivity contribution in [1.82, 2.24) is 15.1 Å². The molecule has 0 saturated heterocycles. The Bertz CT molecular complexity index is 1450. The van der Waals surface area contributed by atoms with Crippen molar-refractivity contribution in [3.8, 4) is 5.75 Å². The lowest BCUT2D eigenvalue weighted by Gasteiger charge is -2.50. The first-order valence-electron chi connectivity index (χ1n) is 13.0. The number of benzene rings is 1. The summed E-state index contributed by atoms with van der Waals surface area (Å²) < 4.78 is 0. The maximum atomic E-state index is 13.9. The number of nitrogens with two attached hydrogens (primary N) is 1. The molecule has 1 aromatic rings. The molecule has 0 heterocycles. The molecule has 1 unspecified atom stereocenters. The van der Waals surface area contributed by atoms with E-state index in [9.17, 15) is 39.6 Å². The molecule has 0 bridgehead atoms. The Hall–Kier alpha value is -3.45. The molecule has 3 aliphatic rings. The molecule has 1 fully saturated rings. The number of nitrogens with zero attached hydrogens (tertiary/aromatic N) is 2. The molecule has 0 spiro atoms. The summed E-state index contributed by atoms with van der Waals surface area (Å²) >= 11 is 6.82. The van der Waals surface area contributed by atoms with E-state index in [4.69, 9.17) is 17.3 Å². The molecule has 13 heteroatoms. The summed E-state index contributed by atoms with van der Waals surface area (Å²) in [5.74, 6) is -7.51. The largest absolute Gasteiger partial charge is 0.508 e. The summed E-state index contributed by atoms with van der Waals surface area (Å²) in [6, 6.07) is 0.159. The van der Waals surface area contributed by atoms with E-state index >= 15 is 0 Å². The molecule has 3 aliphatic carbocycles.